The number of carbonyl (C=O) groups is 1. The number of amides is 1. The number of anilines is 1. The van der Waals surface area contributed by atoms with Gasteiger partial charge in [0.1, 0.15) is 5.52 Å². The fourth-order valence-corrected chi connectivity index (χ4v) is 3.46. The average Bonchev–Trinajstić information content (AvgIpc) is 2.82. The van der Waals surface area contributed by atoms with E-state index in [4.69, 9.17) is 34.8 Å². The van der Waals surface area contributed by atoms with Crippen molar-refractivity contribution in [2.45, 2.75) is 0 Å². The maximum absolute atomic E-state index is 12.2. The van der Waals surface area contributed by atoms with Gasteiger partial charge in [0.2, 0.25) is 0 Å². The number of nitrogens with one attached hydrogen (secondary N) is 1. The summed E-state index contributed by atoms with van der Waals surface area (Å²) in [5, 5.41) is 4.50. The van der Waals surface area contributed by atoms with Gasteiger partial charge in [-0.05, 0) is 30.3 Å². The van der Waals surface area contributed by atoms with E-state index in [1.807, 2.05) is 12.1 Å². The van der Waals surface area contributed by atoms with Crippen molar-refractivity contribution in [1.29, 1.82) is 0 Å². The molecule has 1 aromatic heterocycles. The number of para-hydroxylation sites is 1. The normalized spacial score (nSPS) is 10.8. The van der Waals surface area contributed by atoms with E-state index in [1.54, 1.807) is 18.2 Å². The van der Waals surface area contributed by atoms with Gasteiger partial charge in [-0.25, -0.2) is 4.98 Å². The molecule has 0 aliphatic rings. The predicted octanol–water partition coefficient (Wildman–Crippen LogP) is 5.51. The molecule has 0 saturated heterocycles. The highest BCUT2D eigenvalue weighted by atomic mass is 35.5. The number of hydrogen-bond donors (Lipinski definition) is 1. The molecule has 21 heavy (non-hydrogen) atoms. The fourth-order valence-electron chi connectivity index (χ4n) is 1.81. The lowest BCUT2D eigenvalue weighted by Gasteiger charge is -2.04. The van der Waals surface area contributed by atoms with E-state index in [9.17, 15) is 4.79 Å². The lowest BCUT2D eigenvalue weighted by molar-refractivity contribution is 0.102. The molecule has 0 atom stereocenters. The number of hydrogen-bond acceptors (Lipinski definition) is 3. The number of thiazole rings is 1. The molecular formula is C14H7Cl3N2OS. The highest BCUT2D eigenvalue weighted by Gasteiger charge is 2.14. The van der Waals surface area contributed by atoms with E-state index < -0.39 is 0 Å². The van der Waals surface area contributed by atoms with Crippen LogP contribution >= 0.6 is 46.1 Å². The van der Waals surface area contributed by atoms with Crippen molar-refractivity contribution in [1.82, 2.24) is 4.98 Å². The van der Waals surface area contributed by atoms with E-state index in [0.717, 1.165) is 4.70 Å². The number of rotatable bonds is 2. The molecule has 2 aromatic carbocycles. The molecule has 0 aliphatic heterocycles. The van der Waals surface area contributed by atoms with Crippen LogP contribution in [0.4, 0.5) is 5.13 Å². The van der Waals surface area contributed by atoms with E-state index >= 15 is 0 Å². The van der Waals surface area contributed by atoms with Crippen molar-refractivity contribution in [3.8, 4) is 0 Å². The third kappa shape index (κ3) is 2.99. The summed E-state index contributed by atoms with van der Waals surface area (Å²) in [5.41, 5.74) is 1.01. The summed E-state index contributed by atoms with van der Waals surface area (Å²) in [6.07, 6.45) is 0. The van der Waals surface area contributed by atoms with Crippen molar-refractivity contribution in [3.63, 3.8) is 0 Å². The minimum atomic E-state index is -0.341. The van der Waals surface area contributed by atoms with Gasteiger partial charge in [0, 0.05) is 5.02 Å². The van der Waals surface area contributed by atoms with Gasteiger partial charge >= 0.3 is 0 Å². The van der Waals surface area contributed by atoms with E-state index in [1.165, 1.54) is 17.4 Å². The maximum Gasteiger partial charge on any atom is 0.258 e. The van der Waals surface area contributed by atoms with Crippen molar-refractivity contribution in [2.75, 3.05) is 5.32 Å². The lowest BCUT2D eigenvalue weighted by atomic mass is 10.2. The quantitative estimate of drug-likeness (QED) is 0.657. The molecule has 0 unspecified atom stereocenters. The van der Waals surface area contributed by atoms with Gasteiger partial charge in [0.25, 0.3) is 5.91 Å². The van der Waals surface area contributed by atoms with Crippen molar-refractivity contribution in [3.05, 3.63) is 57.0 Å². The van der Waals surface area contributed by atoms with Crippen LogP contribution < -0.4 is 5.32 Å². The molecule has 3 rings (SSSR count). The molecule has 0 bridgehead atoms. The minimum absolute atomic E-state index is 0.291. The maximum atomic E-state index is 12.2. The molecular weight excluding hydrogens is 351 g/mol. The summed E-state index contributed by atoms with van der Waals surface area (Å²) >= 11 is 19.2. The molecule has 1 amide bonds. The minimum Gasteiger partial charge on any atom is -0.298 e. The number of carbonyl (C=O) groups excluding carboxylic acids is 1. The van der Waals surface area contributed by atoms with Crippen molar-refractivity contribution < 1.29 is 4.79 Å². The van der Waals surface area contributed by atoms with Crippen LogP contribution in [-0.2, 0) is 0 Å². The number of aromatic nitrogens is 1. The first kappa shape index (κ1) is 14.6. The molecule has 0 fully saturated rings. The third-order valence-electron chi connectivity index (χ3n) is 2.77. The van der Waals surface area contributed by atoms with Gasteiger partial charge in [0.05, 0.1) is 20.3 Å². The molecule has 1 heterocycles. The standard InChI is InChI=1S/C14H7Cl3N2OS/c15-7-4-5-8(10(17)6-7)13(20)19-14-18-12-9(16)2-1-3-11(12)21-14/h1-6H,(H,18,19,20). The molecule has 0 radical (unpaired) electrons. The van der Waals surface area contributed by atoms with Gasteiger partial charge < -0.3 is 0 Å². The Kier molecular flexibility index (Phi) is 4.04. The predicted molar refractivity (Wildman–Crippen MR) is 89.0 cm³/mol. The largest absolute Gasteiger partial charge is 0.298 e. The number of fused-ring (bicyclic) bond motifs is 1. The zero-order valence-electron chi connectivity index (χ0n) is 10.4. The summed E-state index contributed by atoms with van der Waals surface area (Å²) in [4.78, 5) is 16.5. The molecule has 106 valence electrons. The first-order valence-electron chi connectivity index (χ1n) is 5.86. The molecule has 3 aromatic rings. The SMILES string of the molecule is O=C(Nc1nc2c(Cl)cccc2s1)c1ccc(Cl)cc1Cl. The smallest absolute Gasteiger partial charge is 0.258 e. The summed E-state index contributed by atoms with van der Waals surface area (Å²) in [5.74, 6) is -0.341. The second-order valence-corrected chi connectivity index (χ2v) is 6.47. The van der Waals surface area contributed by atoms with Crippen molar-refractivity contribution >= 4 is 67.4 Å². The Labute approximate surface area is 139 Å². The Morgan fingerprint density at radius 1 is 1.10 bits per heavy atom. The number of halogens is 3. The lowest BCUT2D eigenvalue weighted by Crippen LogP contribution is -2.12. The first-order chi connectivity index (χ1) is 10.0. The molecule has 3 nitrogen and oxygen atoms in total. The van der Waals surface area contributed by atoms with Crippen LogP contribution in [-0.4, -0.2) is 10.9 Å². The average molecular weight is 358 g/mol. The number of benzene rings is 2. The molecule has 7 heteroatoms. The van der Waals surface area contributed by atoms with E-state index in [2.05, 4.69) is 10.3 Å². The molecule has 0 spiro atoms. The van der Waals surface area contributed by atoms with Crippen LogP contribution in [0, 0.1) is 0 Å². The van der Waals surface area contributed by atoms with Gasteiger partial charge in [-0.2, -0.15) is 0 Å². The second kappa shape index (κ2) is 5.81. The van der Waals surface area contributed by atoms with Crippen LogP contribution in [0.5, 0.6) is 0 Å². The fraction of sp³-hybridized carbons (Fsp3) is 0. The Morgan fingerprint density at radius 3 is 2.62 bits per heavy atom. The van der Waals surface area contributed by atoms with Crippen LogP contribution in [0.3, 0.4) is 0 Å². The third-order valence-corrected chi connectivity index (χ3v) is 4.55. The van der Waals surface area contributed by atoms with Crippen molar-refractivity contribution in [2.24, 2.45) is 0 Å². The highest BCUT2D eigenvalue weighted by molar-refractivity contribution is 7.22. The van der Waals surface area contributed by atoms with Crippen LogP contribution in [0.15, 0.2) is 36.4 Å². The summed E-state index contributed by atoms with van der Waals surface area (Å²) < 4.78 is 0.903. The highest BCUT2D eigenvalue weighted by Crippen LogP contribution is 2.31. The van der Waals surface area contributed by atoms with Crippen LogP contribution in [0.1, 0.15) is 10.4 Å². The van der Waals surface area contributed by atoms with E-state index in [0.29, 0.717) is 31.3 Å². The zero-order chi connectivity index (χ0) is 15.0. The molecule has 0 saturated carbocycles. The van der Waals surface area contributed by atoms with Gasteiger partial charge in [-0.15, -0.1) is 0 Å². The van der Waals surface area contributed by atoms with Crippen LogP contribution in [0.25, 0.3) is 10.2 Å². The van der Waals surface area contributed by atoms with E-state index in [-0.39, 0.29) is 5.91 Å². The first-order valence-corrected chi connectivity index (χ1v) is 7.81. The molecule has 1 N–H and O–H groups in total. The summed E-state index contributed by atoms with van der Waals surface area (Å²) in [7, 11) is 0. The Bertz CT molecular complexity index is 847. The zero-order valence-corrected chi connectivity index (χ0v) is 13.4. The summed E-state index contributed by atoms with van der Waals surface area (Å²) in [6, 6.07) is 10.2. The summed E-state index contributed by atoms with van der Waals surface area (Å²) in [6.45, 7) is 0. The molecule has 0 aliphatic carbocycles. The second-order valence-electron chi connectivity index (χ2n) is 4.18. The topological polar surface area (TPSA) is 42.0 Å². The Morgan fingerprint density at radius 2 is 1.90 bits per heavy atom. The van der Waals surface area contributed by atoms with Gasteiger partial charge in [0.15, 0.2) is 5.13 Å². The Balaban J connectivity index is 1.91. The van der Waals surface area contributed by atoms with Crippen LogP contribution in [0.2, 0.25) is 15.1 Å². The Hall–Kier alpha value is -1.33. The van der Waals surface area contributed by atoms with Gasteiger partial charge in [-0.3, -0.25) is 10.1 Å². The number of nitrogens with zero attached hydrogens (tertiary/aromatic N) is 1. The monoisotopic (exact) mass is 356 g/mol. The van der Waals surface area contributed by atoms with Gasteiger partial charge in [-0.1, -0.05) is 52.2 Å².